The number of benzene rings is 2. The molecule has 0 saturated heterocycles. The Labute approximate surface area is 154 Å². The summed E-state index contributed by atoms with van der Waals surface area (Å²) < 4.78 is 15.7. The zero-order valence-electron chi connectivity index (χ0n) is 15.5. The third-order valence-electron chi connectivity index (χ3n) is 3.93. The highest BCUT2D eigenvalue weighted by Crippen LogP contribution is 2.27. The summed E-state index contributed by atoms with van der Waals surface area (Å²) in [5.41, 5.74) is 2.01. The number of amides is 1. The van der Waals surface area contributed by atoms with Crippen molar-refractivity contribution < 1.29 is 19.0 Å². The zero-order valence-corrected chi connectivity index (χ0v) is 15.5. The highest BCUT2D eigenvalue weighted by molar-refractivity contribution is 5.76. The summed E-state index contributed by atoms with van der Waals surface area (Å²) in [6.45, 7) is 1.14. The highest BCUT2D eigenvalue weighted by atomic mass is 16.5. The maximum Gasteiger partial charge on any atom is 0.221 e. The van der Waals surface area contributed by atoms with Crippen LogP contribution < -0.4 is 24.8 Å². The largest absolute Gasteiger partial charge is 0.497 e. The average molecular weight is 358 g/mol. The first-order chi connectivity index (χ1) is 12.7. The van der Waals surface area contributed by atoms with Crippen molar-refractivity contribution in [3.05, 3.63) is 48.0 Å². The maximum atomic E-state index is 11.9. The van der Waals surface area contributed by atoms with Gasteiger partial charge < -0.3 is 24.8 Å². The van der Waals surface area contributed by atoms with E-state index >= 15 is 0 Å². The standard InChI is InChI=1S/C20H26N2O4/c1-24-17-6-4-5-16(14-17)21-12-10-20(23)22-11-9-15-7-8-18(25-2)19(13-15)26-3/h4-8,13-14,21H,9-12H2,1-3H3,(H,22,23). The van der Waals surface area contributed by atoms with Crippen molar-refractivity contribution in [1.29, 1.82) is 0 Å². The predicted molar refractivity (Wildman–Crippen MR) is 102 cm³/mol. The molecule has 0 aliphatic rings. The molecule has 0 unspecified atom stereocenters. The molecule has 2 aromatic rings. The third-order valence-corrected chi connectivity index (χ3v) is 3.93. The quantitative estimate of drug-likeness (QED) is 0.683. The molecular formula is C20H26N2O4. The molecule has 0 saturated carbocycles. The van der Waals surface area contributed by atoms with Crippen molar-refractivity contribution >= 4 is 11.6 Å². The summed E-state index contributed by atoms with van der Waals surface area (Å²) in [5.74, 6) is 2.19. The molecule has 6 nitrogen and oxygen atoms in total. The SMILES string of the molecule is COc1cccc(NCCC(=O)NCCc2ccc(OC)c(OC)c2)c1. The molecule has 6 heteroatoms. The molecule has 0 radical (unpaired) electrons. The van der Waals surface area contributed by atoms with Crippen LogP contribution >= 0.6 is 0 Å². The fourth-order valence-corrected chi connectivity index (χ4v) is 2.52. The number of ether oxygens (including phenoxy) is 3. The Hall–Kier alpha value is -2.89. The smallest absolute Gasteiger partial charge is 0.221 e. The minimum atomic E-state index is 0.0147. The van der Waals surface area contributed by atoms with Gasteiger partial charge >= 0.3 is 0 Å². The summed E-state index contributed by atoms with van der Waals surface area (Å²) in [6.07, 6.45) is 1.14. The Morgan fingerprint density at radius 2 is 1.73 bits per heavy atom. The molecule has 0 aliphatic heterocycles. The van der Waals surface area contributed by atoms with Crippen LogP contribution in [0.15, 0.2) is 42.5 Å². The van der Waals surface area contributed by atoms with Crippen LogP contribution in [0, 0.1) is 0 Å². The van der Waals surface area contributed by atoms with Crippen molar-refractivity contribution in [2.75, 3.05) is 39.7 Å². The molecule has 2 aromatic carbocycles. The fraction of sp³-hybridized carbons (Fsp3) is 0.350. The fourth-order valence-electron chi connectivity index (χ4n) is 2.52. The van der Waals surface area contributed by atoms with E-state index < -0.39 is 0 Å². The van der Waals surface area contributed by atoms with Gasteiger partial charge in [0.2, 0.25) is 5.91 Å². The zero-order chi connectivity index (χ0) is 18.8. The highest BCUT2D eigenvalue weighted by Gasteiger charge is 2.06. The lowest BCUT2D eigenvalue weighted by Crippen LogP contribution is -2.27. The molecular weight excluding hydrogens is 332 g/mol. The summed E-state index contributed by atoms with van der Waals surface area (Å²) in [7, 11) is 4.85. The van der Waals surface area contributed by atoms with Crippen LogP contribution in [-0.4, -0.2) is 40.3 Å². The van der Waals surface area contributed by atoms with Crippen LogP contribution in [0.25, 0.3) is 0 Å². The van der Waals surface area contributed by atoms with Gasteiger partial charge in [-0.25, -0.2) is 0 Å². The van der Waals surface area contributed by atoms with Crippen molar-refractivity contribution in [1.82, 2.24) is 5.32 Å². The Morgan fingerprint density at radius 1 is 0.923 bits per heavy atom. The van der Waals surface area contributed by atoms with Crippen molar-refractivity contribution in [2.24, 2.45) is 0 Å². The molecule has 26 heavy (non-hydrogen) atoms. The first-order valence-corrected chi connectivity index (χ1v) is 8.51. The first-order valence-electron chi connectivity index (χ1n) is 8.51. The van der Waals surface area contributed by atoms with E-state index in [0.29, 0.717) is 31.0 Å². The van der Waals surface area contributed by atoms with Crippen LogP contribution in [0.5, 0.6) is 17.2 Å². The molecule has 0 aliphatic carbocycles. The lowest BCUT2D eigenvalue weighted by molar-refractivity contribution is -0.120. The summed E-state index contributed by atoms with van der Waals surface area (Å²) >= 11 is 0. The van der Waals surface area contributed by atoms with Gasteiger partial charge in [0.1, 0.15) is 5.75 Å². The number of nitrogens with one attached hydrogen (secondary N) is 2. The lowest BCUT2D eigenvalue weighted by Gasteiger charge is -2.10. The van der Waals surface area contributed by atoms with Crippen LogP contribution in [0.4, 0.5) is 5.69 Å². The van der Waals surface area contributed by atoms with E-state index in [4.69, 9.17) is 14.2 Å². The lowest BCUT2D eigenvalue weighted by atomic mass is 10.1. The van der Waals surface area contributed by atoms with E-state index in [-0.39, 0.29) is 5.91 Å². The van der Waals surface area contributed by atoms with Gasteiger partial charge in [0.05, 0.1) is 21.3 Å². The first kappa shape index (κ1) is 19.4. The molecule has 2 rings (SSSR count). The molecule has 0 aromatic heterocycles. The van der Waals surface area contributed by atoms with E-state index in [1.807, 2.05) is 42.5 Å². The van der Waals surface area contributed by atoms with Gasteiger partial charge in [-0.05, 0) is 36.2 Å². The minimum absolute atomic E-state index is 0.0147. The number of carbonyl (C=O) groups excluding carboxylic acids is 1. The molecule has 0 spiro atoms. The number of carbonyl (C=O) groups is 1. The minimum Gasteiger partial charge on any atom is -0.497 e. The van der Waals surface area contributed by atoms with Gasteiger partial charge in [0.15, 0.2) is 11.5 Å². The summed E-state index contributed by atoms with van der Waals surface area (Å²) in [5, 5.41) is 6.15. The average Bonchev–Trinajstić information content (AvgIpc) is 2.68. The third kappa shape index (κ3) is 5.88. The molecule has 2 N–H and O–H groups in total. The number of anilines is 1. The topological polar surface area (TPSA) is 68.8 Å². The maximum absolute atomic E-state index is 11.9. The molecule has 1 amide bonds. The van der Waals surface area contributed by atoms with E-state index in [1.165, 1.54) is 0 Å². The van der Waals surface area contributed by atoms with Gasteiger partial charge in [0, 0.05) is 31.3 Å². The second-order valence-electron chi connectivity index (χ2n) is 5.70. The Bertz CT molecular complexity index is 719. The van der Waals surface area contributed by atoms with E-state index in [1.54, 1.807) is 21.3 Å². The predicted octanol–water partition coefficient (Wildman–Crippen LogP) is 2.87. The molecule has 0 atom stereocenters. The van der Waals surface area contributed by atoms with Gasteiger partial charge in [-0.3, -0.25) is 4.79 Å². The van der Waals surface area contributed by atoms with Crippen LogP contribution in [0.1, 0.15) is 12.0 Å². The van der Waals surface area contributed by atoms with Gasteiger partial charge in [-0.1, -0.05) is 12.1 Å². The van der Waals surface area contributed by atoms with E-state index in [9.17, 15) is 4.79 Å². The van der Waals surface area contributed by atoms with Crippen LogP contribution in [-0.2, 0) is 11.2 Å². The molecule has 0 fully saturated rings. The van der Waals surface area contributed by atoms with Gasteiger partial charge in [-0.2, -0.15) is 0 Å². The second-order valence-corrected chi connectivity index (χ2v) is 5.70. The van der Waals surface area contributed by atoms with Crippen molar-refractivity contribution in [3.63, 3.8) is 0 Å². The van der Waals surface area contributed by atoms with Crippen LogP contribution in [0.2, 0.25) is 0 Å². The Morgan fingerprint density at radius 3 is 2.46 bits per heavy atom. The monoisotopic (exact) mass is 358 g/mol. The summed E-state index contributed by atoms with van der Waals surface area (Å²) in [6, 6.07) is 13.4. The van der Waals surface area contributed by atoms with Crippen molar-refractivity contribution in [2.45, 2.75) is 12.8 Å². The molecule has 0 heterocycles. The number of rotatable bonds is 10. The normalized spacial score (nSPS) is 10.1. The summed E-state index contributed by atoms with van der Waals surface area (Å²) in [4.78, 5) is 11.9. The van der Waals surface area contributed by atoms with E-state index in [2.05, 4.69) is 10.6 Å². The second kappa shape index (κ2) is 10.2. The van der Waals surface area contributed by atoms with Crippen LogP contribution in [0.3, 0.4) is 0 Å². The number of hydrogen-bond donors (Lipinski definition) is 2. The van der Waals surface area contributed by atoms with E-state index in [0.717, 1.165) is 23.4 Å². The number of hydrogen-bond acceptors (Lipinski definition) is 5. The Kier molecular flexibility index (Phi) is 7.61. The molecule has 140 valence electrons. The molecule has 0 bridgehead atoms. The van der Waals surface area contributed by atoms with Gasteiger partial charge in [0.25, 0.3) is 0 Å². The van der Waals surface area contributed by atoms with Gasteiger partial charge in [-0.15, -0.1) is 0 Å². The Balaban J connectivity index is 1.70. The van der Waals surface area contributed by atoms with Crippen molar-refractivity contribution in [3.8, 4) is 17.2 Å². The number of methoxy groups -OCH3 is 3.